The number of carbonyl (C=O) groups is 1. The Morgan fingerprint density at radius 3 is 2.71 bits per heavy atom. The van der Waals surface area contributed by atoms with Gasteiger partial charge in [-0.3, -0.25) is 9.36 Å². The zero-order chi connectivity index (χ0) is 15.0. The zero-order valence-corrected chi connectivity index (χ0v) is 11.9. The molecule has 21 heavy (non-hydrogen) atoms. The van der Waals surface area contributed by atoms with Gasteiger partial charge in [0.25, 0.3) is 0 Å². The average Bonchev–Trinajstić information content (AvgIpc) is 2.76. The van der Waals surface area contributed by atoms with Crippen molar-refractivity contribution in [2.45, 2.75) is 13.3 Å². The minimum Gasteiger partial charge on any atom is -0.408 e. The standard InChI is InChI=1S/C17H15NO3/c1-11-5-3-4-6-12(11)9-15(19)13-7-8-14-16(10-13)21-17(20)18(14)2/h3-8,10H,9H2,1-2H3. The molecule has 0 bridgehead atoms. The Balaban J connectivity index is 1.95. The van der Waals surface area contributed by atoms with E-state index in [4.69, 9.17) is 4.42 Å². The van der Waals surface area contributed by atoms with E-state index in [1.807, 2.05) is 31.2 Å². The number of aryl methyl sites for hydroxylation is 2. The third kappa shape index (κ3) is 2.40. The molecule has 4 heteroatoms. The third-order valence-corrected chi connectivity index (χ3v) is 3.73. The molecule has 0 atom stereocenters. The van der Waals surface area contributed by atoms with Crippen LogP contribution in [0.25, 0.3) is 11.1 Å². The summed E-state index contributed by atoms with van der Waals surface area (Å²) in [4.78, 5) is 23.8. The molecule has 0 aliphatic rings. The van der Waals surface area contributed by atoms with E-state index in [0.29, 0.717) is 23.1 Å². The lowest BCUT2D eigenvalue weighted by atomic mass is 9.99. The fraction of sp³-hybridized carbons (Fsp3) is 0.176. The second-order valence-corrected chi connectivity index (χ2v) is 5.14. The number of aromatic nitrogens is 1. The largest absolute Gasteiger partial charge is 0.419 e. The number of ketones is 1. The number of rotatable bonds is 3. The Morgan fingerprint density at radius 2 is 1.95 bits per heavy atom. The zero-order valence-electron chi connectivity index (χ0n) is 11.9. The molecule has 3 aromatic rings. The maximum Gasteiger partial charge on any atom is 0.419 e. The van der Waals surface area contributed by atoms with Crippen LogP contribution in [0.3, 0.4) is 0 Å². The van der Waals surface area contributed by atoms with Crippen LogP contribution >= 0.6 is 0 Å². The Morgan fingerprint density at radius 1 is 1.19 bits per heavy atom. The number of carbonyl (C=O) groups excluding carboxylic acids is 1. The summed E-state index contributed by atoms with van der Waals surface area (Å²) in [5.74, 6) is -0.411. The average molecular weight is 281 g/mol. The predicted octanol–water partition coefficient (Wildman–Crippen LogP) is 2.87. The maximum atomic E-state index is 12.4. The van der Waals surface area contributed by atoms with E-state index in [1.54, 1.807) is 25.2 Å². The monoisotopic (exact) mass is 281 g/mol. The van der Waals surface area contributed by atoms with Gasteiger partial charge in [-0.1, -0.05) is 24.3 Å². The van der Waals surface area contributed by atoms with Crippen LogP contribution < -0.4 is 5.76 Å². The molecule has 0 fully saturated rings. The molecule has 1 aromatic heterocycles. The molecular formula is C17H15NO3. The smallest absolute Gasteiger partial charge is 0.408 e. The summed E-state index contributed by atoms with van der Waals surface area (Å²) in [6, 6.07) is 12.9. The molecule has 3 rings (SSSR count). The Labute approximate surface area is 121 Å². The number of oxazole rings is 1. The highest BCUT2D eigenvalue weighted by Crippen LogP contribution is 2.17. The van der Waals surface area contributed by atoms with Gasteiger partial charge >= 0.3 is 5.76 Å². The van der Waals surface area contributed by atoms with Crippen molar-refractivity contribution >= 4 is 16.9 Å². The van der Waals surface area contributed by atoms with Crippen molar-refractivity contribution in [3.8, 4) is 0 Å². The molecule has 0 saturated heterocycles. The fourth-order valence-corrected chi connectivity index (χ4v) is 2.39. The van der Waals surface area contributed by atoms with Gasteiger partial charge in [0.1, 0.15) is 0 Å². The van der Waals surface area contributed by atoms with Gasteiger partial charge in [-0.05, 0) is 36.2 Å². The molecule has 1 heterocycles. The van der Waals surface area contributed by atoms with E-state index in [1.165, 1.54) is 4.57 Å². The molecule has 0 aliphatic heterocycles. The summed E-state index contributed by atoms with van der Waals surface area (Å²) in [5, 5.41) is 0. The third-order valence-electron chi connectivity index (χ3n) is 3.73. The van der Waals surface area contributed by atoms with E-state index < -0.39 is 5.76 Å². The van der Waals surface area contributed by atoms with Crippen LogP contribution in [0.15, 0.2) is 51.7 Å². The molecule has 0 spiro atoms. The number of nitrogens with zero attached hydrogens (tertiary/aromatic N) is 1. The minimum absolute atomic E-state index is 0.0118. The lowest BCUT2D eigenvalue weighted by Crippen LogP contribution is -2.08. The van der Waals surface area contributed by atoms with Gasteiger partial charge in [0.15, 0.2) is 11.4 Å². The fourth-order valence-electron chi connectivity index (χ4n) is 2.39. The molecule has 0 unspecified atom stereocenters. The van der Waals surface area contributed by atoms with Crippen LogP contribution in [0.2, 0.25) is 0 Å². The summed E-state index contributed by atoms with van der Waals surface area (Å²) in [6.45, 7) is 1.99. The highest BCUT2D eigenvalue weighted by molar-refractivity contribution is 5.99. The summed E-state index contributed by atoms with van der Waals surface area (Å²) in [6.07, 6.45) is 0.343. The number of hydrogen-bond donors (Lipinski definition) is 0. The van der Waals surface area contributed by atoms with Gasteiger partial charge in [-0.2, -0.15) is 0 Å². The van der Waals surface area contributed by atoms with Crippen LogP contribution in [0.4, 0.5) is 0 Å². The molecule has 0 radical (unpaired) electrons. The van der Waals surface area contributed by atoms with Crippen molar-refractivity contribution in [3.63, 3.8) is 0 Å². The summed E-state index contributed by atoms with van der Waals surface area (Å²) < 4.78 is 6.54. The summed E-state index contributed by atoms with van der Waals surface area (Å²) in [5.41, 5.74) is 3.79. The van der Waals surface area contributed by atoms with Crippen LogP contribution in [-0.4, -0.2) is 10.4 Å². The van der Waals surface area contributed by atoms with Crippen molar-refractivity contribution < 1.29 is 9.21 Å². The van der Waals surface area contributed by atoms with Crippen molar-refractivity contribution in [1.29, 1.82) is 0 Å². The van der Waals surface area contributed by atoms with Gasteiger partial charge in [-0.25, -0.2) is 4.79 Å². The number of Topliss-reactive ketones (excluding diaryl/α,β-unsaturated/α-hetero) is 1. The normalized spacial score (nSPS) is 11.0. The summed E-state index contributed by atoms with van der Waals surface area (Å²) >= 11 is 0. The molecular weight excluding hydrogens is 266 g/mol. The lowest BCUT2D eigenvalue weighted by Gasteiger charge is -2.05. The van der Waals surface area contributed by atoms with Crippen molar-refractivity contribution in [2.75, 3.05) is 0 Å². The van der Waals surface area contributed by atoms with E-state index >= 15 is 0 Å². The molecule has 0 aliphatic carbocycles. The highest BCUT2D eigenvalue weighted by Gasteiger charge is 2.12. The van der Waals surface area contributed by atoms with Crippen LogP contribution in [0.5, 0.6) is 0 Å². The molecule has 0 saturated carbocycles. The maximum absolute atomic E-state index is 12.4. The van der Waals surface area contributed by atoms with Gasteiger partial charge in [-0.15, -0.1) is 0 Å². The first-order valence-electron chi connectivity index (χ1n) is 6.73. The van der Waals surface area contributed by atoms with Crippen LogP contribution in [0, 0.1) is 6.92 Å². The predicted molar refractivity (Wildman–Crippen MR) is 80.7 cm³/mol. The topological polar surface area (TPSA) is 52.2 Å². The minimum atomic E-state index is -0.423. The molecule has 2 aromatic carbocycles. The molecule has 0 N–H and O–H groups in total. The van der Waals surface area contributed by atoms with E-state index in [-0.39, 0.29) is 5.78 Å². The first-order chi connectivity index (χ1) is 10.1. The molecule has 106 valence electrons. The van der Waals surface area contributed by atoms with Gasteiger partial charge < -0.3 is 4.42 Å². The first kappa shape index (κ1) is 13.4. The highest BCUT2D eigenvalue weighted by atomic mass is 16.4. The van der Waals surface area contributed by atoms with Gasteiger partial charge in [0, 0.05) is 19.0 Å². The Bertz CT molecular complexity index is 886. The second-order valence-electron chi connectivity index (χ2n) is 5.14. The van der Waals surface area contributed by atoms with E-state index in [2.05, 4.69) is 0 Å². The molecule has 0 amide bonds. The second kappa shape index (κ2) is 5.05. The van der Waals surface area contributed by atoms with Gasteiger partial charge in [0.05, 0.1) is 5.52 Å². The Hall–Kier alpha value is -2.62. The molecule has 4 nitrogen and oxygen atoms in total. The van der Waals surface area contributed by atoms with Gasteiger partial charge in [0.2, 0.25) is 0 Å². The van der Waals surface area contributed by atoms with Crippen LogP contribution in [0.1, 0.15) is 21.5 Å². The lowest BCUT2D eigenvalue weighted by molar-refractivity contribution is 0.0993. The van der Waals surface area contributed by atoms with Crippen LogP contribution in [-0.2, 0) is 13.5 Å². The Kier molecular flexibility index (Phi) is 3.22. The quantitative estimate of drug-likeness (QED) is 0.694. The van der Waals surface area contributed by atoms with Crippen molar-refractivity contribution in [1.82, 2.24) is 4.57 Å². The van der Waals surface area contributed by atoms with Crippen molar-refractivity contribution in [3.05, 3.63) is 69.7 Å². The SMILES string of the molecule is Cc1ccccc1CC(=O)c1ccc2c(c1)oc(=O)n2C. The number of benzene rings is 2. The number of fused-ring (bicyclic) bond motifs is 1. The van der Waals surface area contributed by atoms with E-state index in [9.17, 15) is 9.59 Å². The first-order valence-corrected chi connectivity index (χ1v) is 6.73. The number of hydrogen-bond acceptors (Lipinski definition) is 3. The summed E-state index contributed by atoms with van der Waals surface area (Å²) in [7, 11) is 1.64. The van der Waals surface area contributed by atoms with Crippen molar-refractivity contribution in [2.24, 2.45) is 7.05 Å². The van der Waals surface area contributed by atoms with E-state index in [0.717, 1.165) is 11.1 Å².